The van der Waals surface area contributed by atoms with Gasteiger partial charge in [-0.15, -0.1) is 0 Å². The Morgan fingerprint density at radius 2 is 0.795 bits per heavy atom. The lowest BCUT2D eigenvalue weighted by Crippen LogP contribution is -2.65. The van der Waals surface area contributed by atoms with E-state index in [1.165, 1.54) is 225 Å². The molecule has 14 heteroatoms. The maximum atomic E-state index is 13.3. The van der Waals surface area contributed by atoms with Crippen LogP contribution in [0.15, 0.2) is 24.3 Å². The minimum Gasteiger partial charge on any atom is -0.394 e. The maximum absolute atomic E-state index is 13.3. The summed E-state index contributed by atoms with van der Waals surface area (Å²) in [7, 11) is 0. The molecule has 0 spiro atoms. The summed E-state index contributed by atoms with van der Waals surface area (Å²) in [6, 6.07) is -0.833. The number of aliphatic hydroxyl groups is 8. The van der Waals surface area contributed by atoms with Gasteiger partial charge in [0.05, 0.1) is 32.0 Å². The summed E-state index contributed by atoms with van der Waals surface area (Å²) in [6.07, 6.45) is 50.6. The molecule has 83 heavy (non-hydrogen) atoms. The van der Waals surface area contributed by atoms with E-state index >= 15 is 0 Å². The van der Waals surface area contributed by atoms with Crippen molar-refractivity contribution in [3.8, 4) is 0 Å². The Kier molecular flexibility index (Phi) is 51.0. The van der Waals surface area contributed by atoms with E-state index in [4.69, 9.17) is 18.9 Å². The monoisotopic (exact) mass is 1180 g/mol. The molecule has 12 unspecified atom stereocenters. The number of carbonyl (C=O) groups excluding carboxylic acids is 1. The molecule has 2 aliphatic heterocycles. The number of ether oxygens (including phenoxy) is 4. The third-order valence-corrected chi connectivity index (χ3v) is 17.4. The van der Waals surface area contributed by atoms with Crippen molar-refractivity contribution in [1.82, 2.24) is 5.32 Å². The zero-order chi connectivity index (χ0) is 60.2. The molecule has 0 aromatic heterocycles. The molecule has 12 atom stereocenters. The zero-order valence-corrected chi connectivity index (χ0v) is 53.2. The highest BCUT2D eigenvalue weighted by Gasteiger charge is 2.51. The molecule has 0 aromatic carbocycles. The zero-order valence-electron chi connectivity index (χ0n) is 53.2. The second-order valence-corrected chi connectivity index (χ2v) is 25.0. The third kappa shape index (κ3) is 39.2. The van der Waals surface area contributed by atoms with Crippen LogP contribution in [0.2, 0.25) is 0 Å². The predicted molar refractivity (Wildman–Crippen MR) is 337 cm³/mol. The predicted octanol–water partition coefficient (Wildman–Crippen LogP) is 14.0. The van der Waals surface area contributed by atoms with Gasteiger partial charge in [0.25, 0.3) is 0 Å². The topological polar surface area (TPSA) is 228 Å². The smallest absolute Gasteiger partial charge is 0.220 e. The average molecular weight is 1180 g/mol. The largest absolute Gasteiger partial charge is 0.394 e. The molecule has 0 radical (unpaired) electrons. The van der Waals surface area contributed by atoms with Crippen LogP contribution < -0.4 is 5.32 Å². The molecule has 2 aliphatic rings. The van der Waals surface area contributed by atoms with Crippen LogP contribution in [0.1, 0.15) is 316 Å². The molecule has 2 saturated heterocycles. The SMILES string of the molecule is CCCCCC/C=C\C/C=C\CCCCCCCCCC(=O)NC(COC1OC(CO)C(OC2OC(CO)C(O)C(O)C2O)C(O)C1O)C(O)CCCCCCCCCCCCCCCCCCCCCCCCCCCCCCCCC. The van der Waals surface area contributed by atoms with Gasteiger partial charge >= 0.3 is 0 Å². The van der Waals surface area contributed by atoms with Crippen molar-refractivity contribution in [1.29, 1.82) is 0 Å². The van der Waals surface area contributed by atoms with Gasteiger partial charge in [-0.2, -0.15) is 0 Å². The average Bonchev–Trinajstić information content (AvgIpc) is 3.65. The number of hydrogen-bond acceptors (Lipinski definition) is 13. The number of nitrogens with one attached hydrogen (secondary N) is 1. The fraction of sp³-hybridized carbons (Fsp3) is 0.928. The van der Waals surface area contributed by atoms with Gasteiger partial charge in [-0.05, 0) is 44.9 Å². The van der Waals surface area contributed by atoms with Crippen molar-refractivity contribution in [2.45, 2.75) is 389 Å². The van der Waals surface area contributed by atoms with Crippen molar-refractivity contribution in [3.63, 3.8) is 0 Å². The first-order valence-corrected chi connectivity index (χ1v) is 35.1. The Labute approximate surface area is 507 Å². The lowest BCUT2D eigenvalue weighted by molar-refractivity contribution is -0.359. The van der Waals surface area contributed by atoms with E-state index in [0.29, 0.717) is 19.3 Å². The van der Waals surface area contributed by atoms with Gasteiger partial charge in [0.2, 0.25) is 5.91 Å². The normalized spacial score (nSPS) is 23.9. The van der Waals surface area contributed by atoms with Crippen LogP contribution in [-0.2, 0) is 23.7 Å². The van der Waals surface area contributed by atoms with Crippen LogP contribution in [0, 0.1) is 0 Å². The first-order valence-electron chi connectivity index (χ1n) is 35.1. The van der Waals surface area contributed by atoms with Gasteiger partial charge in [-0.3, -0.25) is 4.79 Å². The molecule has 2 heterocycles. The molecule has 0 aliphatic carbocycles. The molecule has 2 fully saturated rings. The number of unbranched alkanes of at least 4 members (excludes halogenated alkanes) is 41. The first-order chi connectivity index (χ1) is 40.6. The lowest BCUT2D eigenvalue weighted by Gasteiger charge is -2.46. The van der Waals surface area contributed by atoms with Crippen LogP contribution in [-0.4, -0.2) is 140 Å². The fourth-order valence-electron chi connectivity index (χ4n) is 11.8. The highest BCUT2D eigenvalue weighted by molar-refractivity contribution is 5.76. The Morgan fingerprint density at radius 3 is 1.22 bits per heavy atom. The standard InChI is InChI=1S/C69H131NO13/c1-3-5-7-9-11-13-15-17-19-21-23-24-25-26-27-28-29-30-31-32-33-34-35-36-38-40-42-44-46-48-50-52-58(73)57(70-61(74)53-51-49-47-45-43-41-39-37-22-20-18-16-14-12-10-8-6-4-2)56-80-68-66(79)64(77)67(60(55-72)82-68)83-69-65(78)63(76)62(75)59(54-71)81-69/h14,16,20,22,57-60,62-69,71-73,75-79H,3-13,15,17-19,21,23-56H2,1-2H3,(H,70,74)/b16-14-,22-20-. The van der Waals surface area contributed by atoms with Gasteiger partial charge in [-0.25, -0.2) is 0 Å². The Hall–Kier alpha value is -1.53. The van der Waals surface area contributed by atoms with E-state index in [1.54, 1.807) is 0 Å². The molecule has 0 bridgehead atoms. The number of aliphatic hydroxyl groups excluding tert-OH is 8. The number of carbonyl (C=O) groups is 1. The Balaban J connectivity index is 1.64. The van der Waals surface area contributed by atoms with Gasteiger partial charge in [0.15, 0.2) is 12.6 Å². The summed E-state index contributed by atoms with van der Waals surface area (Å²) < 4.78 is 22.9. The summed E-state index contributed by atoms with van der Waals surface area (Å²) >= 11 is 0. The Morgan fingerprint density at radius 1 is 0.434 bits per heavy atom. The van der Waals surface area contributed by atoms with Crippen molar-refractivity contribution >= 4 is 5.91 Å². The molecule has 1 amide bonds. The molecule has 2 rings (SSSR count). The minimum absolute atomic E-state index is 0.210. The molecule has 0 saturated carbocycles. The van der Waals surface area contributed by atoms with Crippen molar-refractivity contribution in [3.05, 3.63) is 24.3 Å². The van der Waals surface area contributed by atoms with E-state index < -0.39 is 86.8 Å². The summed E-state index contributed by atoms with van der Waals surface area (Å²) in [4.78, 5) is 13.3. The molecule has 9 N–H and O–H groups in total. The van der Waals surface area contributed by atoms with Gasteiger partial charge < -0.3 is 65.1 Å². The molecule has 14 nitrogen and oxygen atoms in total. The summed E-state index contributed by atoms with van der Waals surface area (Å²) in [5, 5.41) is 87.5. The van der Waals surface area contributed by atoms with Crippen LogP contribution in [0.25, 0.3) is 0 Å². The van der Waals surface area contributed by atoms with E-state index in [9.17, 15) is 45.6 Å². The number of rotatable bonds is 58. The quantitative estimate of drug-likeness (QED) is 0.0204. The lowest BCUT2D eigenvalue weighted by atomic mass is 9.97. The maximum Gasteiger partial charge on any atom is 0.220 e. The van der Waals surface area contributed by atoms with E-state index in [1.807, 2.05) is 0 Å². The highest BCUT2D eigenvalue weighted by Crippen LogP contribution is 2.30. The van der Waals surface area contributed by atoms with Crippen LogP contribution in [0.3, 0.4) is 0 Å². The van der Waals surface area contributed by atoms with Crippen molar-refractivity contribution in [2.75, 3.05) is 19.8 Å². The number of hydrogen-bond donors (Lipinski definition) is 9. The minimum atomic E-state index is -1.78. The van der Waals surface area contributed by atoms with E-state index in [-0.39, 0.29) is 12.5 Å². The van der Waals surface area contributed by atoms with Gasteiger partial charge in [0.1, 0.15) is 48.8 Å². The van der Waals surface area contributed by atoms with E-state index in [0.717, 1.165) is 57.8 Å². The molecular formula is C69H131NO13. The van der Waals surface area contributed by atoms with Crippen LogP contribution in [0.4, 0.5) is 0 Å². The second kappa shape index (κ2) is 54.6. The van der Waals surface area contributed by atoms with Crippen LogP contribution >= 0.6 is 0 Å². The van der Waals surface area contributed by atoms with Crippen LogP contribution in [0.5, 0.6) is 0 Å². The third-order valence-electron chi connectivity index (χ3n) is 17.4. The highest BCUT2D eigenvalue weighted by atomic mass is 16.7. The van der Waals surface area contributed by atoms with Gasteiger partial charge in [-0.1, -0.05) is 289 Å². The number of amides is 1. The second-order valence-electron chi connectivity index (χ2n) is 25.0. The molecule has 0 aromatic rings. The summed E-state index contributed by atoms with van der Waals surface area (Å²) in [5.41, 5.74) is 0. The Bertz CT molecular complexity index is 1490. The summed E-state index contributed by atoms with van der Waals surface area (Å²) in [5.74, 6) is -0.210. The first kappa shape index (κ1) is 77.6. The summed E-state index contributed by atoms with van der Waals surface area (Å²) in [6.45, 7) is 2.88. The van der Waals surface area contributed by atoms with Gasteiger partial charge in [0, 0.05) is 6.42 Å². The van der Waals surface area contributed by atoms with E-state index in [2.05, 4.69) is 43.5 Å². The molecular weight excluding hydrogens is 1050 g/mol. The van der Waals surface area contributed by atoms with Crippen molar-refractivity contribution in [2.24, 2.45) is 0 Å². The van der Waals surface area contributed by atoms with Crippen molar-refractivity contribution < 1.29 is 64.6 Å². The fourth-order valence-corrected chi connectivity index (χ4v) is 11.8. The number of allylic oxidation sites excluding steroid dienone is 4. The molecule has 490 valence electrons.